The van der Waals surface area contributed by atoms with Crippen molar-refractivity contribution in [2.75, 3.05) is 19.8 Å². The van der Waals surface area contributed by atoms with Gasteiger partial charge in [0, 0.05) is 24.8 Å². The fourth-order valence-corrected chi connectivity index (χ4v) is 5.34. The summed E-state index contributed by atoms with van der Waals surface area (Å²) >= 11 is 0. The SMILES string of the molecule is Cc1nn(-c2ccccc2F)c(C)c1C1COCCN1S(=O)(=O)c1cnnn1C. The van der Waals surface area contributed by atoms with Gasteiger partial charge in [0.15, 0.2) is 5.03 Å². The minimum absolute atomic E-state index is 0.00111. The summed E-state index contributed by atoms with van der Waals surface area (Å²) in [6, 6.07) is 5.73. The van der Waals surface area contributed by atoms with Crippen LogP contribution in [0, 0.1) is 19.7 Å². The lowest BCUT2D eigenvalue weighted by molar-refractivity contribution is 0.0314. The van der Waals surface area contributed by atoms with Crippen molar-refractivity contribution in [2.45, 2.75) is 24.9 Å². The summed E-state index contributed by atoms with van der Waals surface area (Å²) in [6.45, 7) is 4.22. The molecule has 1 aliphatic heterocycles. The predicted molar refractivity (Wildman–Crippen MR) is 101 cm³/mol. The first kappa shape index (κ1) is 19.7. The van der Waals surface area contributed by atoms with Crippen LogP contribution < -0.4 is 0 Å². The largest absolute Gasteiger partial charge is 0.378 e. The van der Waals surface area contributed by atoms with E-state index in [1.165, 1.54) is 33.0 Å². The van der Waals surface area contributed by atoms with Crippen molar-refractivity contribution >= 4 is 10.0 Å². The van der Waals surface area contributed by atoms with Crippen molar-refractivity contribution in [1.82, 2.24) is 29.1 Å². The average molecular weight is 420 g/mol. The highest BCUT2D eigenvalue weighted by Crippen LogP contribution is 2.34. The minimum Gasteiger partial charge on any atom is -0.378 e. The number of para-hydroxylation sites is 1. The topological polar surface area (TPSA) is 95.1 Å². The van der Waals surface area contributed by atoms with Gasteiger partial charge >= 0.3 is 0 Å². The molecule has 1 saturated heterocycles. The molecule has 0 amide bonds. The average Bonchev–Trinajstić information content (AvgIpc) is 3.25. The van der Waals surface area contributed by atoms with E-state index in [-0.39, 0.29) is 24.8 Å². The van der Waals surface area contributed by atoms with Crippen LogP contribution in [0.1, 0.15) is 23.0 Å². The highest BCUT2D eigenvalue weighted by molar-refractivity contribution is 7.89. The Morgan fingerprint density at radius 1 is 1.24 bits per heavy atom. The maximum Gasteiger partial charge on any atom is 0.262 e. The maximum atomic E-state index is 14.3. The molecule has 0 radical (unpaired) electrons. The van der Waals surface area contributed by atoms with E-state index >= 15 is 0 Å². The monoisotopic (exact) mass is 420 g/mol. The van der Waals surface area contributed by atoms with Gasteiger partial charge in [-0.15, -0.1) is 5.10 Å². The third-order valence-corrected chi connectivity index (χ3v) is 7.04. The Hall–Kier alpha value is -2.63. The van der Waals surface area contributed by atoms with E-state index in [0.29, 0.717) is 22.6 Å². The molecule has 2 aromatic heterocycles. The zero-order valence-electron chi connectivity index (χ0n) is 16.3. The molecule has 0 bridgehead atoms. The predicted octanol–water partition coefficient (Wildman–Crippen LogP) is 1.52. The van der Waals surface area contributed by atoms with Crippen LogP contribution in [0.3, 0.4) is 0 Å². The maximum absolute atomic E-state index is 14.3. The summed E-state index contributed by atoms with van der Waals surface area (Å²) in [6.07, 6.45) is 1.23. The van der Waals surface area contributed by atoms with Crippen LogP contribution in [0.5, 0.6) is 0 Å². The van der Waals surface area contributed by atoms with Gasteiger partial charge in [-0.2, -0.15) is 9.40 Å². The summed E-state index contributed by atoms with van der Waals surface area (Å²) in [7, 11) is -2.33. The van der Waals surface area contributed by atoms with E-state index < -0.39 is 21.9 Å². The standard InChI is InChI=1S/C18H21FN6O3S/c1-12-18(13(2)25(21-12)15-7-5-4-6-14(15)19)16-11-28-9-8-24(16)29(26,27)17-10-20-22-23(17)3/h4-7,10,16H,8-9,11H2,1-3H3. The van der Waals surface area contributed by atoms with Gasteiger partial charge in [-0.1, -0.05) is 17.3 Å². The Bertz CT molecular complexity index is 1160. The van der Waals surface area contributed by atoms with E-state index in [9.17, 15) is 12.8 Å². The van der Waals surface area contributed by atoms with Gasteiger partial charge in [-0.3, -0.25) is 0 Å². The Morgan fingerprint density at radius 3 is 2.69 bits per heavy atom. The summed E-state index contributed by atoms with van der Waals surface area (Å²) in [5.41, 5.74) is 2.28. The fourth-order valence-electron chi connectivity index (χ4n) is 3.73. The van der Waals surface area contributed by atoms with Gasteiger partial charge in [0.2, 0.25) is 0 Å². The van der Waals surface area contributed by atoms with Crippen molar-refractivity contribution in [3.8, 4) is 5.69 Å². The van der Waals surface area contributed by atoms with Gasteiger partial charge in [0.1, 0.15) is 11.5 Å². The first-order valence-electron chi connectivity index (χ1n) is 9.07. The van der Waals surface area contributed by atoms with E-state index in [1.807, 2.05) is 0 Å². The zero-order chi connectivity index (χ0) is 20.8. The lowest BCUT2D eigenvalue weighted by Gasteiger charge is -2.34. The number of nitrogens with zero attached hydrogens (tertiary/aromatic N) is 6. The van der Waals surface area contributed by atoms with Crippen molar-refractivity contribution < 1.29 is 17.5 Å². The highest BCUT2D eigenvalue weighted by atomic mass is 32.2. The molecule has 0 N–H and O–H groups in total. The molecule has 1 fully saturated rings. The zero-order valence-corrected chi connectivity index (χ0v) is 17.1. The quantitative estimate of drug-likeness (QED) is 0.635. The molecular formula is C18H21FN6O3S. The molecule has 0 aliphatic carbocycles. The van der Waals surface area contributed by atoms with Crippen molar-refractivity contribution in [2.24, 2.45) is 7.05 Å². The number of hydrogen-bond acceptors (Lipinski definition) is 6. The Balaban J connectivity index is 1.81. The first-order chi connectivity index (χ1) is 13.8. The highest BCUT2D eigenvalue weighted by Gasteiger charge is 2.39. The second kappa shape index (κ2) is 7.32. The number of aryl methyl sites for hydroxylation is 2. The molecule has 9 nitrogen and oxygen atoms in total. The Kier molecular flexibility index (Phi) is 4.97. The van der Waals surface area contributed by atoms with Gasteiger partial charge in [-0.05, 0) is 26.0 Å². The normalized spacial score (nSPS) is 18.3. The van der Waals surface area contributed by atoms with Crippen LogP contribution in [0.2, 0.25) is 0 Å². The molecule has 29 heavy (non-hydrogen) atoms. The van der Waals surface area contributed by atoms with E-state index in [0.717, 1.165) is 0 Å². The molecule has 154 valence electrons. The third kappa shape index (κ3) is 3.24. The molecule has 1 unspecified atom stereocenters. The van der Waals surface area contributed by atoms with Crippen LogP contribution in [-0.2, 0) is 21.8 Å². The summed E-state index contributed by atoms with van der Waals surface area (Å²) in [5.74, 6) is -0.407. The molecule has 1 atom stereocenters. The van der Waals surface area contributed by atoms with Crippen LogP contribution in [0.4, 0.5) is 4.39 Å². The first-order valence-corrected chi connectivity index (χ1v) is 10.5. The molecule has 11 heteroatoms. The van der Waals surface area contributed by atoms with Crippen LogP contribution in [0.15, 0.2) is 35.5 Å². The molecule has 4 rings (SSSR count). The van der Waals surface area contributed by atoms with Crippen molar-refractivity contribution in [3.05, 3.63) is 53.2 Å². The van der Waals surface area contributed by atoms with E-state index in [4.69, 9.17) is 4.74 Å². The third-order valence-electron chi connectivity index (χ3n) is 5.09. The number of rotatable bonds is 4. The molecule has 0 saturated carbocycles. The van der Waals surface area contributed by atoms with Crippen molar-refractivity contribution in [1.29, 1.82) is 0 Å². The second-order valence-corrected chi connectivity index (χ2v) is 8.69. The molecule has 1 aliphatic rings. The van der Waals surface area contributed by atoms with Crippen molar-refractivity contribution in [3.63, 3.8) is 0 Å². The van der Waals surface area contributed by atoms with E-state index in [1.54, 1.807) is 32.0 Å². The number of sulfonamides is 1. The van der Waals surface area contributed by atoms with Gasteiger partial charge in [0.05, 0.1) is 31.1 Å². The second-order valence-electron chi connectivity index (χ2n) is 6.85. The number of aromatic nitrogens is 5. The number of morpholine rings is 1. The summed E-state index contributed by atoms with van der Waals surface area (Å²) in [4.78, 5) is 0. The lowest BCUT2D eigenvalue weighted by atomic mass is 10.0. The van der Waals surface area contributed by atoms with Gasteiger partial charge < -0.3 is 4.74 Å². The molecule has 1 aromatic carbocycles. The van der Waals surface area contributed by atoms with Gasteiger partial charge in [-0.25, -0.2) is 22.2 Å². The minimum atomic E-state index is -3.86. The number of ether oxygens (including phenoxy) is 1. The van der Waals surface area contributed by atoms with Crippen LogP contribution >= 0.6 is 0 Å². The Morgan fingerprint density at radius 2 is 2.00 bits per heavy atom. The summed E-state index contributed by atoms with van der Waals surface area (Å²) < 4.78 is 50.6. The smallest absolute Gasteiger partial charge is 0.262 e. The fraction of sp³-hybridized carbons (Fsp3) is 0.389. The molecule has 0 spiro atoms. The molecular weight excluding hydrogens is 399 g/mol. The molecule has 3 heterocycles. The van der Waals surface area contributed by atoms with Crippen LogP contribution in [-0.4, -0.2) is 57.3 Å². The van der Waals surface area contributed by atoms with Crippen LogP contribution in [0.25, 0.3) is 5.69 Å². The van der Waals surface area contributed by atoms with E-state index in [2.05, 4.69) is 15.4 Å². The lowest BCUT2D eigenvalue weighted by Crippen LogP contribution is -2.44. The summed E-state index contributed by atoms with van der Waals surface area (Å²) in [5, 5.41) is 11.9. The number of hydrogen-bond donors (Lipinski definition) is 0. The Labute approximate surface area is 167 Å². The number of benzene rings is 1. The molecule has 3 aromatic rings. The number of halogens is 1. The van der Waals surface area contributed by atoms with Gasteiger partial charge in [0.25, 0.3) is 10.0 Å².